The maximum Gasteiger partial charge on any atom is 0.222 e. The van der Waals surface area contributed by atoms with E-state index < -0.39 is 0 Å². The summed E-state index contributed by atoms with van der Waals surface area (Å²) in [5, 5.41) is 4.43. The molecular weight excluding hydrogens is 268 g/mol. The molecule has 2 N–H and O–H groups in total. The van der Waals surface area contributed by atoms with Crippen molar-refractivity contribution >= 4 is 17.5 Å². The molecule has 0 aliphatic carbocycles. The lowest BCUT2D eigenvalue weighted by atomic mass is 10.00. The van der Waals surface area contributed by atoms with E-state index >= 15 is 0 Å². The van der Waals surface area contributed by atoms with Crippen LogP contribution in [0, 0.1) is 0 Å². The summed E-state index contributed by atoms with van der Waals surface area (Å²) < 4.78 is 16.2. The van der Waals surface area contributed by atoms with Crippen LogP contribution < -0.4 is 15.2 Å². The molecule has 2 heterocycles. The number of halogens is 1. The molecule has 0 bridgehead atoms. The Kier molecular flexibility index (Phi) is 2.98. The van der Waals surface area contributed by atoms with Gasteiger partial charge in [0.1, 0.15) is 18.9 Å². The van der Waals surface area contributed by atoms with Gasteiger partial charge >= 0.3 is 0 Å². The normalized spacial score (nSPS) is 13.6. The van der Waals surface area contributed by atoms with E-state index in [4.69, 9.17) is 31.3 Å². The van der Waals surface area contributed by atoms with Gasteiger partial charge in [-0.25, -0.2) is 0 Å². The number of nitrogens with zero attached hydrogens (tertiary/aromatic N) is 1. The second-order valence-corrected chi connectivity index (χ2v) is 4.61. The summed E-state index contributed by atoms with van der Waals surface area (Å²) in [5.41, 5.74) is 8.06. The molecule has 0 amide bonds. The first-order valence-electron chi connectivity index (χ1n) is 6.04. The van der Waals surface area contributed by atoms with Gasteiger partial charge in [-0.2, -0.15) is 0 Å². The Bertz CT molecular complexity index is 625. The molecule has 1 aliphatic heterocycles. The quantitative estimate of drug-likeness (QED) is 0.916. The van der Waals surface area contributed by atoms with Gasteiger partial charge in [-0.1, -0.05) is 23.7 Å². The zero-order valence-corrected chi connectivity index (χ0v) is 11.2. The molecule has 3 rings (SSSR count). The van der Waals surface area contributed by atoms with Crippen LogP contribution in [0.2, 0.25) is 5.02 Å². The number of fused-ring (bicyclic) bond motifs is 1. The van der Waals surface area contributed by atoms with Crippen LogP contribution in [0.1, 0.15) is 12.5 Å². The molecule has 1 aromatic carbocycles. The van der Waals surface area contributed by atoms with E-state index in [1.807, 2.05) is 13.0 Å². The van der Waals surface area contributed by atoms with E-state index in [0.29, 0.717) is 35.4 Å². The number of hydrogen-bond donors (Lipinski definition) is 1. The summed E-state index contributed by atoms with van der Waals surface area (Å²) in [4.78, 5) is 0. The van der Waals surface area contributed by atoms with Gasteiger partial charge in [0.2, 0.25) is 5.88 Å². The van der Waals surface area contributed by atoms with Gasteiger partial charge in [-0.3, -0.25) is 0 Å². The Balaban J connectivity index is 2.22. The minimum Gasteiger partial charge on any atom is -0.486 e. The molecule has 1 aliphatic rings. The lowest BCUT2D eigenvalue weighted by Gasteiger charge is -2.23. The third kappa shape index (κ3) is 2.00. The molecule has 0 fully saturated rings. The lowest BCUT2D eigenvalue weighted by Crippen LogP contribution is -2.17. The van der Waals surface area contributed by atoms with E-state index in [2.05, 4.69) is 5.16 Å². The number of hydrogen-bond acceptors (Lipinski definition) is 5. The molecule has 2 aromatic rings. The van der Waals surface area contributed by atoms with Gasteiger partial charge in [0.15, 0.2) is 11.5 Å². The molecule has 0 radical (unpaired) electrons. The van der Waals surface area contributed by atoms with Crippen LogP contribution >= 0.6 is 11.6 Å². The molecule has 19 heavy (non-hydrogen) atoms. The molecule has 0 unspecified atom stereocenters. The van der Waals surface area contributed by atoms with Crippen molar-refractivity contribution < 1.29 is 14.0 Å². The summed E-state index contributed by atoms with van der Waals surface area (Å²) in [6.07, 6.45) is 0.769. The zero-order valence-electron chi connectivity index (χ0n) is 10.4. The third-order valence-corrected chi connectivity index (χ3v) is 3.31. The van der Waals surface area contributed by atoms with Crippen molar-refractivity contribution in [3.63, 3.8) is 0 Å². The predicted molar refractivity (Wildman–Crippen MR) is 71.7 cm³/mol. The number of anilines is 1. The highest BCUT2D eigenvalue weighted by Gasteiger charge is 2.23. The Morgan fingerprint density at radius 1 is 1.26 bits per heavy atom. The number of ether oxygens (including phenoxy) is 2. The minimum atomic E-state index is 0.267. The molecule has 6 heteroatoms. The van der Waals surface area contributed by atoms with E-state index in [-0.39, 0.29) is 5.88 Å². The van der Waals surface area contributed by atoms with Crippen LogP contribution in [0.3, 0.4) is 0 Å². The minimum absolute atomic E-state index is 0.267. The number of rotatable bonds is 2. The van der Waals surface area contributed by atoms with Crippen LogP contribution in [0.4, 0.5) is 5.88 Å². The molecule has 100 valence electrons. The number of nitrogen functional groups attached to an aromatic ring is 1. The van der Waals surface area contributed by atoms with Gasteiger partial charge in [0, 0.05) is 17.2 Å². The second-order valence-electron chi connectivity index (χ2n) is 4.21. The van der Waals surface area contributed by atoms with Crippen LogP contribution in [0.25, 0.3) is 11.3 Å². The smallest absolute Gasteiger partial charge is 0.222 e. The van der Waals surface area contributed by atoms with E-state index in [0.717, 1.165) is 17.5 Å². The van der Waals surface area contributed by atoms with Gasteiger partial charge in [0.05, 0.1) is 5.02 Å². The van der Waals surface area contributed by atoms with Gasteiger partial charge in [0.25, 0.3) is 0 Å². The fourth-order valence-corrected chi connectivity index (χ4v) is 2.47. The molecular formula is C13H13ClN2O3. The second kappa shape index (κ2) is 4.66. The van der Waals surface area contributed by atoms with Gasteiger partial charge in [-0.15, -0.1) is 0 Å². The predicted octanol–water partition coefficient (Wildman–Crippen LogP) is 2.91. The SMILES string of the molecule is CCc1c(-c2cc(N)on2)cc(Cl)c2c1OCCO2. The van der Waals surface area contributed by atoms with E-state index in [1.165, 1.54) is 0 Å². The number of nitrogens with two attached hydrogens (primary N) is 1. The van der Waals surface area contributed by atoms with Gasteiger partial charge < -0.3 is 19.7 Å². The fourth-order valence-electron chi connectivity index (χ4n) is 2.22. The molecule has 5 nitrogen and oxygen atoms in total. The van der Waals surface area contributed by atoms with E-state index in [1.54, 1.807) is 6.07 Å². The highest BCUT2D eigenvalue weighted by molar-refractivity contribution is 6.32. The first kappa shape index (κ1) is 12.2. The summed E-state index contributed by atoms with van der Waals surface area (Å²) in [5.74, 6) is 1.56. The monoisotopic (exact) mass is 280 g/mol. The standard InChI is InChI=1S/C13H13ClN2O3/c1-2-7-8(10-6-11(15)19-16-10)5-9(14)13-12(7)17-3-4-18-13/h5-6H,2-4,15H2,1H3. The summed E-state index contributed by atoms with van der Waals surface area (Å²) in [7, 11) is 0. The average Bonchev–Trinajstić information content (AvgIpc) is 2.85. The zero-order chi connectivity index (χ0) is 13.4. The maximum atomic E-state index is 6.24. The Hall–Kier alpha value is -1.88. The van der Waals surface area contributed by atoms with Crippen molar-refractivity contribution in [1.82, 2.24) is 5.16 Å². The molecule has 0 saturated heterocycles. The summed E-state index contributed by atoms with van der Waals surface area (Å²) in [6.45, 7) is 3.06. The Morgan fingerprint density at radius 2 is 2.00 bits per heavy atom. The van der Waals surface area contributed by atoms with Crippen LogP contribution in [-0.4, -0.2) is 18.4 Å². The van der Waals surface area contributed by atoms with Crippen molar-refractivity contribution in [2.75, 3.05) is 18.9 Å². The highest BCUT2D eigenvalue weighted by atomic mass is 35.5. The Morgan fingerprint density at radius 3 is 2.63 bits per heavy atom. The van der Waals surface area contributed by atoms with Gasteiger partial charge in [-0.05, 0) is 12.5 Å². The topological polar surface area (TPSA) is 70.5 Å². The van der Waals surface area contributed by atoms with Crippen molar-refractivity contribution in [2.45, 2.75) is 13.3 Å². The van der Waals surface area contributed by atoms with Crippen LogP contribution in [0.5, 0.6) is 11.5 Å². The Labute approximate surface area is 115 Å². The maximum absolute atomic E-state index is 6.24. The highest BCUT2D eigenvalue weighted by Crippen LogP contribution is 2.45. The average molecular weight is 281 g/mol. The van der Waals surface area contributed by atoms with Crippen molar-refractivity contribution in [2.24, 2.45) is 0 Å². The largest absolute Gasteiger partial charge is 0.486 e. The molecule has 0 saturated carbocycles. The number of aromatic nitrogens is 1. The van der Waals surface area contributed by atoms with Crippen LogP contribution in [-0.2, 0) is 6.42 Å². The van der Waals surface area contributed by atoms with Crippen molar-refractivity contribution in [1.29, 1.82) is 0 Å². The summed E-state index contributed by atoms with van der Waals surface area (Å²) in [6, 6.07) is 3.48. The van der Waals surface area contributed by atoms with Crippen molar-refractivity contribution in [3.05, 3.63) is 22.7 Å². The van der Waals surface area contributed by atoms with Crippen LogP contribution in [0.15, 0.2) is 16.7 Å². The fraction of sp³-hybridized carbons (Fsp3) is 0.308. The molecule has 0 atom stereocenters. The first-order chi connectivity index (χ1) is 9.20. The third-order valence-electron chi connectivity index (χ3n) is 3.03. The molecule has 0 spiro atoms. The van der Waals surface area contributed by atoms with Crippen molar-refractivity contribution in [3.8, 4) is 22.8 Å². The molecule has 1 aromatic heterocycles. The van der Waals surface area contributed by atoms with E-state index in [9.17, 15) is 0 Å². The first-order valence-corrected chi connectivity index (χ1v) is 6.42. The lowest BCUT2D eigenvalue weighted by molar-refractivity contribution is 0.170. The number of benzene rings is 1. The summed E-state index contributed by atoms with van der Waals surface area (Å²) >= 11 is 6.24.